The monoisotopic (exact) mass is 540 g/mol. The molecule has 38 heavy (non-hydrogen) atoms. The minimum Gasteiger partial charge on any atom is -0.491 e. The van der Waals surface area contributed by atoms with Gasteiger partial charge in [0.05, 0.1) is 45.2 Å². The van der Waals surface area contributed by atoms with Crippen molar-refractivity contribution < 1.29 is 28.8 Å². The van der Waals surface area contributed by atoms with Gasteiger partial charge in [0.25, 0.3) is 0 Å². The Morgan fingerprint density at radius 1 is 0.605 bits per heavy atom. The van der Waals surface area contributed by atoms with Crippen molar-refractivity contribution >= 4 is 23.8 Å². The van der Waals surface area contributed by atoms with Crippen molar-refractivity contribution in [2.75, 3.05) is 52.9 Å². The zero-order valence-corrected chi connectivity index (χ0v) is 23.4. The van der Waals surface area contributed by atoms with Crippen LogP contribution in [0.25, 0.3) is 0 Å². The molecule has 6 nitrogen and oxygen atoms in total. The Bertz CT molecular complexity index is 947. The maximum atomic E-state index is 8.89. The van der Waals surface area contributed by atoms with Gasteiger partial charge in [-0.05, 0) is 56.2 Å². The molecular weight excluding hydrogens is 499 g/mol. The van der Waals surface area contributed by atoms with Crippen LogP contribution in [0.5, 0.6) is 5.75 Å². The van der Waals surface area contributed by atoms with E-state index in [4.69, 9.17) is 28.8 Å². The number of rotatable bonds is 19. The van der Waals surface area contributed by atoms with Crippen molar-refractivity contribution in [3.05, 3.63) is 84.9 Å². The number of aliphatic hydroxyl groups is 1. The number of ether oxygens (including phenoxy) is 5. The Morgan fingerprint density at radius 2 is 1.16 bits per heavy atom. The van der Waals surface area contributed by atoms with Gasteiger partial charge in [-0.1, -0.05) is 72.8 Å². The molecule has 0 saturated heterocycles. The molecule has 0 heterocycles. The van der Waals surface area contributed by atoms with Gasteiger partial charge < -0.3 is 28.8 Å². The SMILES string of the molecule is CC(CO)OCCOCCCOCC(C)OCCOc1ccc(P(c2ccccc2)c2ccccc2)cc1. The lowest BCUT2D eigenvalue weighted by Crippen LogP contribution is -2.21. The number of aliphatic hydroxyl groups excluding tert-OH is 1. The summed E-state index contributed by atoms with van der Waals surface area (Å²) in [6.07, 6.45) is 0.668. The van der Waals surface area contributed by atoms with Crippen LogP contribution in [0, 0.1) is 0 Å². The van der Waals surface area contributed by atoms with E-state index in [1.807, 2.05) is 26.0 Å². The Balaban J connectivity index is 1.31. The topological polar surface area (TPSA) is 66.4 Å². The first kappa shape index (κ1) is 30.2. The van der Waals surface area contributed by atoms with E-state index >= 15 is 0 Å². The van der Waals surface area contributed by atoms with E-state index in [1.54, 1.807) is 0 Å². The fraction of sp³-hybridized carbons (Fsp3) is 0.419. The van der Waals surface area contributed by atoms with Crippen LogP contribution in [0.2, 0.25) is 0 Å². The molecule has 2 atom stereocenters. The lowest BCUT2D eigenvalue weighted by Gasteiger charge is -2.19. The van der Waals surface area contributed by atoms with E-state index in [1.165, 1.54) is 15.9 Å². The summed E-state index contributed by atoms with van der Waals surface area (Å²) < 4.78 is 28.2. The van der Waals surface area contributed by atoms with Crippen LogP contribution in [0.3, 0.4) is 0 Å². The summed E-state index contributed by atoms with van der Waals surface area (Å²) in [6, 6.07) is 29.8. The molecule has 0 aliphatic rings. The lowest BCUT2D eigenvalue weighted by molar-refractivity contribution is -0.0273. The second-order valence-corrected chi connectivity index (χ2v) is 11.2. The van der Waals surface area contributed by atoms with E-state index in [0.29, 0.717) is 46.2 Å². The molecular formula is C31H41O6P. The molecule has 0 spiro atoms. The zero-order chi connectivity index (χ0) is 26.8. The van der Waals surface area contributed by atoms with Crippen molar-refractivity contribution in [2.45, 2.75) is 32.5 Å². The van der Waals surface area contributed by atoms with Crippen molar-refractivity contribution in [2.24, 2.45) is 0 Å². The first-order valence-corrected chi connectivity index (χ1v) is 14.6. The summed E-state index contributed by atoms with van der Waals surface area (Å²) >= 11 is 0. The fourth-order valence-electron chi connectivity index (χ4n) is 3.73. The van der Waals surface area contributed by atoms with E-state index in [2.05, 4.69) is 72.8 Å². The van der Waals surface area contributed by atoms with Crippen LogP contribution in [-0.4, -0.2) is 70.2 Å². The maximum Gasteiger partial charge on any atom is 0.119 e. The molecule has 7 heteroatoms. The molecule has 0 radical (unpaired) electrons. The highest BCUT2D eigenvalue weighted by molar-refractivity contribution is 7.79. The Morgan fingerprint density at radius 3 is 1.79 bits per heavy atom. The van der Waals surface area contributed by atoms with Crippen LogP contribution in [-0.2, 0) is 18.9 Å². The van der Waals surface area contributed by atoms with E-state index in [0.717, 1.165) is 12.2 Å². The first-order valence-electron chi connectivity index (χ1n) is 13.3. The standard InChI is InChI=1S/C31H41O6P/c1-26(24-32)35-21-20-33-18-9-19-34-25-27(2)36-22-23-37-28-14-16-31(17-15-28)38(29-10-5-3-6-11-29)30-12-7-4-8-13-30/h3-8,10-17,26-27,32H,9,18-25H2,1-2H3. The van der Waals surface area contributed by atoms with Gasteiger partial charge in [-0.3, -0.25) is 0 Å². The van der Waals surface area contributed by atoms with Crippen LogP contribution < -0.4 is 20.7 Å². The third-order valence-electron chi connectivity index (χ3n) is 5.70. The van der Waals surface area contributed by atoms with Gasteiger partial charge in [0, 0.05) is 13.2 Å². The van der Waals surface area contributed by atoms with Gasteiger partial charge >= 0.3 is 0 Å². The molecule has 0 aliphatic heterocycles. The van der Waals surface area contributed by atoms with E-state index < -0.39 is 7.92 Å². The highest BCUT2D eigenvalue weighted by Crippen LogP contribution is 2.33. The van der Waals surface area contributed by atoms with Gasteiger partial charge in [0.15, 0.2) is 0 Å². The number of hydrogen-bond acceptors (Lipinski definition) is 6. The number of hydrogen-bond donors (Lipinski definition) is 1. The first-order chi connectivity index (χ1) is 18.7. The van der Waals surface area contributed by atoms with Crippen molar-refractivity contribution in [1.82, 2.24) is 0 Å². The Labute approximate surface area is 228 Å². The lowest BCUT2D eigenvalue weighted by atomic mass is 10.3. The third-order valence-corrected chi connectivity index (χ3v) is 8.14. The van der Waals surface area contributed by atoms with Crippen molar-refractivity contribution in [1.29, 1.82) is 0 Å². The molecule has 1 N–H and O–H groups in total. The summed E-state index contributed by atoms with van der Waals surface area (Å²) in [5.41, 5.74) is 0. The van der Waals surface area contributed by atoms with E-state index in [-0.39, 0.29) is 18.8 Å². The molecule has 3 aromatic carbocycles. The predicted octanol–water partition coefficient (Wildman–Crippen LogP) is 4.05. The van der Waals surface area contributed by atoms with Gasteiger partial charge in [-0.25, -0.2) is 0 Å². The van der Waals surface area contributed by atoms with Crippen molar-refractivity contribution in [3.63, 3.8) is 0 Å². The van der Waals surface area contributed by atoms with Gasteiger partial charge in [-0.2, -0.15) is 0 Å². The average molecular weight is 541 g/mol. The summed E-state index contributed by atoms with van der Waals surface area (Å²) in [5, 5.41) is 12.8. The predicted molar refractivity (Wildman–Crippen MR) is 155 cm³/mol. The summed E-state index contributed by atoms with van der Waals surface area (Å²) in [4.78, 5) is 0. The minimum atomic E-state index is -0.615. The molecule has 0 saturated carbocycles. The van der Waals surface area contributed by atoms with E-state index in [9.17, 15) is 0 Å². The Hall–Kier alpha value is -2.31. The molecule has 3 rings (SSSR count). The second kappa shape index (κ2) is 18.1. The third kappa shape index (κ3) is 11.2. The molecule has 0 bridgehead atoms. The van der Waals surface area contributed by atoms with Gasteiger partial charge in [0.2, 0.25) is 0 Å². The van der Waals surface area contributed by atoms with Crippen LogP contribution in [0.15, 0.2) is 84.9 Å². The highest BCUT2D eigenvalue weighted by Gasteiger charge is 2.16. The summed E-state index contributed by atoms with van der Waals surface area (Å²) in [7, 11) is -0.615. The summed E-state index contributed by atoms with van der Waals surface area (Å²) in [6.45, 7) is 7.64. The largest absolute Gasteiger partial charge is 0.491 e. The second-order valence-electron chi connectivity index (χ2n) is 8.94. The molecule has 0 aromatic heterocycles. The van der Waals surface area contributed by atoms with Crippen LogP contribution in [0.4, 0.5) is 0 Å². The minimum absolute atomic E-state index is 0.00410. The molecule has 0 fully saturated rings. The molecule has 2 unspecified atom stereocenters. The maximum absolute atomic E-state index is 8.89. The number of benzene rings is 3. The van der Waals surface area contributed by atoms with Crippen LogP contribution in [0.1, 0.15) is 20.3 Å². The molecule has 3 aromatic rings. The summed E-state index contributed by atoms with van der Waals surface area (Å²) in [5.74, 6) is 0.841. The fourth-order valence-corrected chi connectivity index (χ4v) is 6.01. The Kier molecular flexibility index (Phi) is 14.4. The quantitative estimate of drug-likeness (QED) is 0.183. The highest BCUT2D eigenvalue weighted by atomic mass is 31.1. The smallest absolute Gasteiger partial charge is 0.119 e. The molecule has 0 aliphatic carbocycles. The van der Waals surface area contributed by atoms with Crippen molar-refractivity contribution in [3.8, 4) is 5.75 Å². The van der Waals surface area contributed by atoms with Crippen LogP contribution >= 0.6 is 7.92 Å². The molecule has 0 amide bonds. The van der Waals surface area contributed by atoms with Gasteiger partial charge in [-0.15, -0.1) is 0 Å². The average Bonchev–Trinajstić information content (AvgIpc) is 2.96. The van der Waals surface area contributed by atoms with Gasteiger partial charge in [0.1, 0.15) is 12.4 Å². The zero-order valence-electron chi connectivity index (χ0n) is 22.5. The molecule has 206 valence electrons. The normalized spacial score (nSPS) is 12.9.